The highest BCUT2D eigenvalue weighted by atomic mass is 79.9. The number of rotatable bonds is 1. The summed E-state index contributed by atoms with van der Waals surface area (Å²) in [6.45, 7) is 0.940. The fourth-order valence-electron chi connectivity index (χ4n) is 3.59. The van der Waals surface area contributed by atoms with Gasteiger partial charge in [0.05, 0.1) is 4.47 Å². The Morgan fingerprint density at radius 2 is 2.08 bits per heavy atom. The minimum atomic E-state index is -0.886. The summed E-state index contributed by atoms with van der Waals surface area (Å²) in [5.41, 5.74) is 2.85. The second-order valence-corrected chi connectivity index (χ2v) is 7.98. The number of nitrogens with zero attached hydrogens (tertiary/aromatic N) is 1. The zero-order valence-electron chi connectivity index (χ0n) is 13.0. The fourth-order valence-corrected chi connectivity index (χ4v) is 4.68. The van der Waals surface area contributed by atoms with Gasteiger partial charge in [0.1, 0.15) is 11.9 Å². The van der Waals surface area contributed by atoms with Crippen LogP contribution < -0.4 is 4.74 Å². The van der Waals surface area contributed by atoms with Crippen molar-refractivity contribution in [1.82, 2.24) is 4.90 Å². The van der Waals surface area contributed by atoms with Crippen LogP contribution in [0.5, 0.6) is 5.75 Å². The van der Waals surface area contributed by atoms with Crippen LogP contribution in [0.2, 0.25) is 10.0 Å². The third-order valence-electron chi connectivity index (χ3n) is 4.80. The molecular formula is C18H14BrCl2NO3. The molecule has 2 atom stereocenters. The van der Waals surface area contributed by atoms with Crippen molar-refractivity contribution in [1.29, 1.82) is 0 Å². The van der Waals surface area contributed by atoms with E-state index in [1.807, 2.05) is 18.2 Å². The van der Waals surface area contributed by atoms with Crippen LogP contribution in [0.25, 0.3) is 11.1 Å². The molecule has 2 heterocycles. The van der Waals surface area contributed by atoms with E-state index in [2.05, 4.69) is 15.9 Å². The van der Waals surface area contributed by atoms with E-state index in [4.69, 9.17) is 27.9 Å². The third kappa shape index (κ3) is 2.98. The van der Waals surface area contributed by atoms with Gasteiger partial charge in [-0.3, -0.25) is 0 Å². The Balaban J connectivity index is 1.77. The van der Waals surface area contributed by atoms with Crippen LogP contribution in [0.3, 0.4) is 0 Å². The van der Waals surface area contributed by atoms with Gasteiger partial charge in [-0.15, -0.1) is 0 Å². The quantitative estimate of drug-likeness (QED) is 0.620. The van der Waals surface area contributed by atoms with Crippen LogP contribution in [-0.2, 0) is 0 Å². The molecule has 2 aliphatic rings. The molecule has 0 radical (unpaired) electrons. The molecule has 0 aliphatic carbocycles. The Morgan fingerprint density at radius 1 is 1.28 bits per heavy atom. The zero-order chi connectivity index (χ0) is 17.7. The highest BCUT2D eigenvalue weighted by Crippen LogP contribution is 2.48. The van der Waals surface area contributed by atoms with Crippen LogP contribution in [-0.4, -0.2) is 35.3 Å². The number of hydrogen-bond acceptors (Lipinski definition) is 2. The lowest BCUT2D eigenvalue weighted by Crippen LogP contribution is -2.43. The third-order valence-corrected chi connectivity index (χ3v) is 5.94. The maximum Gasteiger partial charge on any atom is 0.407 e. The second-order valence-electron chi connectivity index (χ2n) is 6.28. The van der Waals surface area contributed by atoms with E-state index in [0.717, 1.165) is 26.9 Å². The fraction of sp³-hybridized carbons (Fsp3) is 0.278. The SMILES string of the molecule is O=C(O)N1CCC2Oc3c(Br)cc(-c4ccc(Cl)cc4Cl)cc3C2C1. The van der Waals surface area contributed by atoms with Crippen molar-refractivity contribution in [2.45, 2.75) is 18.4 Å². The molecule has 2 aromatic rings. The summed E-state index contributed by atoms with van der Waals surface area (Å²) in [6.07, 6.45) is -0.185. The first-order chi connectivity index (χ1) is 11.9. The van der Waals surface area contributed by atoms with Crippen molar-refractivity contribution in [3.05, 3.63) is 50.4 Å². The van der Waals surface area contributed by atoms with Crippen molar-refractivity contribution < 1.29 is 14.6 Å². The molecule has 1 amide bonds. The van der Waals surface area contributed by atoms with E-state index in [1.165, 1.54) is 4.90 Å². The maximum absolute atomic E-state index is 11.3. The predicted octanol–water partition coefficient (Wildman–Crippen LogP) is 5.65. The van der Waals surface area contributed by atoms with Crippen LogP contribution in [0.4, 0.5) is 4.79 Å². The molecule has 25 heavy (non-hydrogen) atoms. The summed E-state index contributed by atoms with van der Waals surface area (Å²) < 4.78 is 6.94. The Bertz CT molecular complexity index is 874. The second kappa shape index (κ2) is 6.38. The van der Waals surface area contributed by atoms with E-state index >= 15 is 0 Å². The topological polar surface area (TPSA) is 49.8 Å². The molecular weight excluding hydrogens is 429 g/mol. The lowest BCUT2D eigenvalue weighted by molar-refractivity contribution is 0.0898. The molecule has 0 saturated carbocycles. The van der Waals surface area contributed by atoms with E-state index in [9.17, 15) is 9.90 Å². The van der Waals surface area contributed by atoms with Crippen molar-refractivity contribution in [3.63, 3.8) is 0 Å². The average molecular weight is 443 g/mol. The molecule has 7 heteroatoms. The first-order valence-corrected chi connectivity index (χ1v) is 9.42. The first kappa shape index (κ1) is 17.0. The van der Waals surface area contributed by atoms with Gasteiger partial charge in [-0.25, -0.2) is 4.79 Å². The summed E-state index contributed by atoms with van der Waals surface area (Å²) in [4.78, 5) is 12.8. The van der Waals surface area contributed by atoms with Gasteiger partial charge >= 0.3 is 6.09 Å². The molecule has 0 aromatic heterocycles. The Morgan fingerprint density at radius 3 is 2.80 bits per heavy atom. The Labute approximate surface area is 163 Å². The average Bonchev–Trinajstić information content (AvgIpc) is 2.93. The minimum Gasteiger partial charge on any atom is -0.488 e. The van der Waals surface area contributed by atoms with Gasteiger partial charge in [0.25, 0.3) is 0 Å². The molecule has 0 spiro atoms. The van der Waals surface area contributed by atoms with Crippen LogP contribution >= 0.6 is 39.1 Å². The molecule has 0 bridgehead atoms. The summed E-state index contributed by atoms with van der Waals surface area (Å²) in [6, 6.07) is 9.42. The number of piperidine rings is 1. The van der Waals surface area contributed by atoms with Crippen molar-refractivity contribution in [2.75, 3.05) is 13.1 Å². The van der Waals surface area contributed by atoms with Crippen LogP contribution in [0.1, 0.15) is 17.9 Å². The lowest BCUT2D eigenvalue weighted by Gasteiger charge is -2.32. The van der Waals surface area contributed by atoms with Gasteiger partial charge in [-0.1, -0.05) is 29.3 Å². The highest BCUT2D eigenvalue weighted by molar-refractivity contribution is 9.10. The van der Waals surface area contributed by atoms with E-state index < -0.39 is 6.09 Å². The number of amides is 1. The number of benzene rings is 2. The highest BCUT2D eigenvalue weighted by Gasteiger charge is 2.41. The minimum absolute atomic E-state index is 0.0119. The summed E-state index contributed by atoms with van der Waals surface area (Å²) in [5, 5.41) is 10.5. The number of carbonyl (C=O) groups is 1. The Hall–Kier alpha value is -1.43. The Kier molecular flexibility index (Phi) is 4.34. The maximum atomic E-state index is 11.3. The molecule has 2 aromatic carbocycles. The van der Waals surface area contributed by atoms with Gasteiger partial charge in [0.2, 0.25) is 0 Å². The zero-order valence-corrected chi connectivity index (χ0v) is 16.1. The largest absolute Gasteiger partial charge is 0.488 e. The number of carboxylic acid groups (broad SMARTS) is 1. The van der Waals surface area contributed by atoms with E-state index in [-0.39, 0.29) is 12.0 Å². The molecule has 130 valence electrons. The molecule has 2 unspecified atom stereocenters. The summed E-state index contributed by atoms with van der Waals surface area (Å²) >= 11 is 15.9. The number of hydrogen-bond donors (Lipinski definition) is 1. The van der Waals surface area contributed by atoms with Gasteiger partial charge < -0.3 is 14.7 Å². The van der Waals surface area contributed by atoms with Crippen LogP contribution in [0, 0.1) is 0 Å². The summed E-state index contributed by atoms with van der Waals surface area (Å²) in [7, 11) is 0. The van der Waals surface area contributed by atoms with E-state index in [1.54, 1.807) is 12.1 Å². The van der Waals surface area contributed by atoms with Crippen LogP contribution in [0.15, 0.2) is 34.8 Å². The molecule has 1 N–H and O–H groups in total. The number of ether oxygens (including phenoxy) is 1. The lowest BCUT2D eigenvalue weighted by atomic mass is 9.88. The van der Waals surface area contributed by atoms with Crippen molar-refractivity contribution >= 4 is 45.2 Å². The molecule has 4 nitrogen and oxygen atoms in total. The normalized spacial score (nSPS) is 21.5. The van der Waals surface area contributed by atoms with E-state index in [0.29, 0.717) is 29.6 Å². The summed E-state index contributed by atoms with van der Waals surface area (Å²) in [5.74, 6) is 0.832. The predicted molar refractivity (Wildman–Crippen MR) is 101 cm³/mol. The molecule has 4 rings (SSSR count). The van der Waals surface area contributed by atoms with Crippen molar-refractivity contribution in [2.24, 2.45) is 0 Å². The van der Waals surface area contributed by atoms with Gasteiger partial charge in [-0.05, 0) is 45.8 Å². The number of fused-ring (bicyclic) bond motifs is 3. The monoisotopic (exact) mass is 441 g/mol. The standard InChI is InChI=1S/C18H14BrCl2NO3/c19-14-6-9(11-2-1-10(20)7-15(11)21)5-12-13-8-22(18(23)24)4-3-16(13)25-17(12)14/h1-2,5-7,13,16H,3-4,8H2,(H,23,24). The number of likely N-dealkylation sites (tertiary alicyclic amines) is 1. The number of halogens is 3. The smallest absolute Gasteiger partial charge is 0.407 e. The van der Waals surface area contributed by atoms with Gasteiger partial charge in [0.15, 0.2) is 0 Å². The molecule has 2 aliphatic heterocycles. The molecule has 1 saturated heterocycles. The van der Waals surface area contributed by atoms with Crippen molar-refractivity contribution in [3.8, 4) is 16.9 Å². The molecule has 1 fully saturated rings. The van der Waals surface area contributed by atoms with Gasteiger partial charge in [0, 0.05) is 46.6 Å². The van der Waals surface area contributed by atoms with Gasteiger partial charge in [-0.2, -0.15) is 0 Å². The first-order valence-electron chi connectivity index (χ1n) is 7.87.